The van der Waals surface area contributed by atoms with Crippen molar-refractivity contribution < 1.29 is 29.4 Å². The number of carbonyl (C=O) groups is 2. The highest BCUT2D eigenvalue weighted by Crippen LogP contribution is 2.27. The highest BCUT2D eigenvalue weighted by Gasteiger charge is 2.23. The Bertz CT molecular complexity index is 858. The molecule has 0 spiro atoms. The monoisotopic (exact) mass is 562 g/mol. The summed E-state index contributed by atoms with van der Waals surface area (Å²) in [5.41, 5.74) is 6.10. The van der Waals surface area contributed by atoms with E-state index in [1.807, 2.05) is 63.3 Å². The Morgan fingerprint density at radius 1 is 1.12 bits per heavy atom. The number of aliphatic hydroxyl groups is 1. The summed E-state index contributed by atoms with van der Waals surface area (Å²) in [6.07, 6.45) is 16.0. The minimum atomic E-state index is -0.806. The molecule has 3 unspecified atom stereocenters. The van der Waals surface area contributed by atoms with Gasteiger partial charge >= 0.3 is 5.97 Å². The summed E-state index contributed by atoms with van der Waals surface area (Å²) in [4.78, 5) is 36.7. The lowest BCUT2D eigenvalue weighted by molar-refractivity contribution is -0.757. The molecule has 1 amide bonds. The summed E-state index contributed by atoms with van der Waals surface area (Å²) in [6, 6.07) is 10.1. The van der Waals surface area contributed by atoms with E-state index in [0.717, 1.165) is 38.5 Å². The first kappa shape index (κ1) is 36.8. The van der Waals surface area contributed by atoms with Crippen LogP contribution in [-0.4, -0.2) is 40.9 Å². The van der Waals surface area contributed by atoms with Gasteiger partial charge in [-0.2, -0.15) is 0 Å². The molecule has 1 aromatic rings. The van der Waals surface area contributed by atoms with Crippen LogP contribution in [0.2, 0.25) is 0 Å². The third-order valence-corrected chi connectivity index (χ3v) is 6.20. The summed E-state index contributed by atoms with van der Waals surface area (Å²) in [5.74, 6) is -0.344. The van der Waals surface area contributed by atoms with Crippen LogP contribution in [0.25, 0.3) is 0 Å². The standard InChI is InChI=1S/C22H31NO6.C7H13NO.C2H6/c24-21-11-7-10-19(21)14-16-20(15-13-18-8-3-1-4-9-18)29-22(25)12-5-2-6-17-28-23(26)27;1-2-3-4-5-6-7(8)9;1-2/h1,3-4,8-9,14,16,19-21,24H,2,5-7,10-13,15,17H2;2-3H,4-6H2,1H3,(H2,8,9);1-2H3/b16-14+;3-2-;. The molecule has 0 bridgehead atoms. The zero-order chi connectivity index (χ0) is 30.0. The molecule has 9 nitrogen and oxygen atoms in total. The highest BCUT2D eigenvalue weighted by atomic mass is 16.9. The number of hydrogen-bond acceptors (Lipinski definition) is 7. The first-order valence-electron chi connectivity index (χ1n) is 14.6. The molecule has 40 heavy (non-hydrogen) atoms. The number of amides is 1. The number of benzene rings is 1. The van der Waals surface area contributed by atoms with Crippen LogP contribution in [0.4, 0.5) is 0 Å². The van der Waals surface area contributed by atoms with Crippen molar-refractivity contribution in [1.29, 1.82) is 0 Å². The van der Waals surface area contributed by atoms with Gasteiger partial charge in [-0.25, -0.2) is 0 Å². The van der Waals surface area contributed by atoms with Gasteiger partial charge in [-0.05, 0) is 69.9 Å². The van der Waals surface area contributed by atoms with Crippen molar-refractivity contribution >= 4 is 11.9 Å². The Hall–Kier alpha value is -3.20. The molecule has 2 rings (SSSR count). The third kappa shape index (κ3) is 20.7. The Kier molecular flexibility index (Phi) is 22.8. The second-order valence-electron chi connectivity index (χ2n) is 9.39. The normalized spacial score (nSPS) is 16.9. The second-order valence-corrected chi connectivity index (χ2v) is 9.39. The number of rotatable bonds is 17. The van der Waals surface area contributed by atoms with E-state index in [-0.39, 0.29) is 43.0 Å². The lowest BCUT2D eigenvalue weighted by Gasteiger charge is -2.16. The van der Waals surface area contributed by atoms with Gasteiger partial charge in [0.15, 0.2) is 0 Å². The predicted octanol–water partition coefficient (Wildman–Crippen LogP) is 6.26. The van der Waals surface area contributed by atoms with Crippen molar-refractivity contribution in [1.82, 2.24) is 0 Å². The van der Waals surface area contributed by atoms with E-state index >= 15 is 0 Å². The van der Waals surface area contributed by atoms with E-state index in [2.05, 4.69) is 17.0 Å². The Morgan fingerprint density at radius 2 is 1.85 bits per heavy atom. The van der Waals surface area contributed by atoms with Crippen molar-refractivity contribution in [2.75, 3.05) is 6.61 Å². The molecule has 0 heterocycles. The van der Waals surface area contributed by atoms with Crippen LogP contribution in [0.15, 0.2) is 54.6 Å². The summed E-state index contributed by atoms with van der Waals surface area (Å²) in [5, 5.41) is 19.3. The van der Waals surface area contributed by atoms with Crippen molar-refractivity contribution in [3.8, 4) is 0 Å². The highest BCUT2D eigenvalue weighted by molar-refractivity contribution is 5.73. The zero-order valence-corrected chi connectivity index (χ0v) is 24.5. The lowest BCUT2D eigenvalue weighted by atomic mass is 10.0. The average molecular weight is 563 g/mol. The van der Waals surface area contributed by atoms with Crippen LogP contribution < -0.4 is 5.73 Å². The lowest BCUT2D eigenvalue weighted by Crippen LogP contribution is -2.18. The molecule has 3 atom stereocenters. The maximum Gasteiger partial charge on any atom is 0.306 e. The first-order chi connectivity index (χ1) is 19.3. The number of nitrogens with zero attached hydrogens (tertiary/aromatic N) is 1. The minimum absolute atomic E-state index is 0.0498. The first-order valence-corrected chi connectivity index (χ1v) is 14.6. The topological polar surface area (TPSA) is 142 Å². The Labute approximate surface area is 239 Å². The van der Waals surface area contributed by atoms with Crippen LogP contribution in [0.3, 0.4) is 0 Å². The van der Waals surface area contributed by atoms with Gasteiger partial charge in [0.2, 0.25) is 5.91 Å². The largest absolute Gasteiger partial charge is 0.458 e. The molecule has 1 fully saturated rings. The summed E-state index contributed by atoms with van der Waals surface area (Å²) >= 11 is 0. The van der Waals surface area contributed by atoms with Gasteiger partial charge in [0, 0.05) is 18.8 Å². The van der Waals surface area contributed by atoms with Crippen molar-refractivity contribution in [3.63, 3.8) is 0 Å². The SMILES string of the molecule is C/C=C\CCCC(N)=O.CC.O=C(CCCCCO[N+](=O)[O-])OC(/C=C/C1CCCC1O)CCc1ccccc1. The number of esters is 1. The smallest absolute Gasteiger partial charge is 0.306 e. The number of ether oxygens (including phenoxy) is 1. The fraction of sp³-hybridized carbons (Fsp3) is 0.613. The maximum atomic E-state index is 12.2. The van der Waals surface area contributed by atoms with E-state index in [1.54, 1.807) is 0 Å². The van der Waals surface area contributed by atoms with Crippen molar-refractivity contribution in [2.45, 2.75) is 110 Å². The fourth-order valence-corrected chi connectivity index (χ4v) is 4.08. The number of allylic oxidation sites excluding steroid dienone is 2. The maximum absolute atomic E-state index is 12.2. The van der Waals surface area contributed by atoms with Gasteiger partial charge in [-0.15, -0.1) is 10.1 Å². The van der Waals surface area contributed by atoms with E-state index in [4.69, 9.17) is 10.5 Å². The number of aryl methyl sites for hydroxylation is 1. The molecule has 1 aliphatic carbocycles. The number of carbonyl (C=O) groups excluding carboxylic acids is 2. The van der Waals surface area contributed by atoms with Gasteiger partial charge < -0.3 is 20.4 Å². The summed E-state index contributed by atoms with van der Waals surface area (Å²) in [7, 11) is 0. The van der Waals surface area contributed by atoms with Gasteiger partial charge in [0.25, 0.3) is 5.09 Å². The summed E-state index contributed by atoms with van der Waals surface area (Å²) in [6.45, 7) is 6.01. The molecular formula is C31H50N2O7. The van der Waals surface area contributed by atoms with Crippen LogP contribution in [0.5, 0.6) is 0 Å². The molecule has 0 aliphatic heterocycles. The molecule has 1 saturated carbocycles. The van der Waals surface area contributed by atoms with Gasteiger partial charge in [-0.1, -0.05) is 75.2 Å². The Morgan fingerprint density at radius 3 is 2.45 bits per heavy atom. The van der Waals surface area contributed by atoms with E-state index in [0.29, 0.717) is 32.1 Å². The molecular weight excluding hydrogens is 512 g/mol. The molecule has 3 N–H and O–H groups in total. The number of nitrogens with two attached hydrogens (primary N) is 1. The Balaban J connectivity index is 0.00000117. The number of unbranched alkanes of at least 4 members (excludes halogenated alkanes) is 3. The quantitative estimate of drug-likeness (QED) is 0.0750. The van der Waals surface area contributed by atoms with E-state index in [9.17, 15) is 24.8 Å². The fourth-order valence-electron chi connectivity index (χ4n) is 4.08. The number of primary amides is 1. The second kappa shape index (κ2) is 24.8. The molecule has 9 heteroatoms. The van der Waals surface area contributed by atoms with Gasteiger partial charge in [-0.3, -0.25) is 9.59 Å². The van der Waals surface area contributed by atoms with Gasteiger partial charge in [0.1, 0.15) is 6.10 Å². The minimum Gasteiger partial charge on any atom is -0.458 e. The van der Waals surface area contributed by atoms with Crippen molar-refractivity contribution in [3.05, 3.63) is 70.3 Å². The third-order valence-electron chi connectivity index (χ3n) is 6.20. The van der Waals surface area contributed by atoms with E-state index in [1.165, 1.54) is 5.56 Å². The zero-order valence-electron chi connectivity index (χ0n) is 24.5. The van der Waals surface area contributed by atoms with Gasteiger partial charge in [0.05, 0.1) is 12.7 Å². The van der Waals surface area contributed by atoms with Crippen LogP contribution >= 0.6 is 0 Å². The molecule has 0 saturated heterocycles. The average Bonchev–Trinajstić information content (AvgIpc) is 3.36. The number of aliphatic hydroxyl groups excluding tert-OH is 1. The van der Waals surface area contributed by atoms with Crippen molar-refractivity contribution in [2.24, 2.45) is 11.7 Å². The summed E-state index contributed by atoms with van der Waals surface area (Å²) < 4.78 is 5.67. The van der Waals surface area contributed by atoms with Crippen LogP contribution in [-0.2, 0) is 25.6 Å². The van der Waals surface area contributed by atoms with Crippen LogP contribution in [0.1, 0.15) is 97.0 Å². The molecule has 0 aromatic heterocycles. The van der Waals surface area contributed by atoms with Crippen LogP contribution in [0, 0.1) is 16.0 Å². The predicted molar refractivity (Wildman–Crippen MR) is 158 cm³/mol. The molecule has 0 radical (unpaired) electrons. The number of hydrogen-bond donors (Lipinski definition) is 2. The van der Waals surface area contributed by atoms with E-state index < -0.39 is 5.09 Å². The molecule has 226 valence electrons. The molecule has 1 aromatic carbocycles. The molecule has 1 aliphatic rings.